The van der Waals surface area contributed by atoms with Crippen LogP contribution in [0.2, 0.25) is 0 Å². The molecule has 17 heavy (non-hydrogen) atoms. The summed E-state index contributed by atoms with van der Waals surface area (Å²) < 4.78 is 0.936. The molecule has 0 atom stereocenters. The van der Waals surface area contributed by atoms with Gasteiger partial charge in [0.1, 0.15) is 5.75 Å². The first-order valence-electron chi connectivity index (χ1n) is 5.32. The molecule has 0 fully saturated rings. The van der Waals surface area contributed by atoms with E-state index in [4.69, 9.17) is 0 Å². The number of benzene rings is 1. The fourth-order valence-corrected chi connectivity index (χ4v) is 2.39. The summed E-state index contributed by atoms with van der Waals surface area (Å²) in [5.74, 6) is -0.0916. The molecule has 0 aromatic heterocycles. The third-order valence-electron chi connectivity index (χ3n) is 2.40. The Morgan fingerprint density at radius 2 is 2.18 bits per heavy atom. The van der Waals surface area contributed by atoms with Crippen LogP contribution >= 0.6 is 38.5 Å². The van der Waals surface area contributed by atoms with Crippen LogP contribution in [0.5, 0.6) is 5.75 Å². The van der Waals surface area contributed by atoms with Crippen molar-refractivity contribution in [3.8, 4) is 5.75 Å². The number of nitrogens with zero attached hydrogens (tertiary/aromatic N) is 1. The average molecular weight is 412 g/mol. The summed E-state index contributed by atoms with van der Waals surface area (Å²) in [5, 5.41) is 10.5. The molecule has 3 nitrogen and oxygen atoms in total. The number of rotatable bonds is 4. The molecule has 1 N–H and O–H groups in total. The third kappa shape index (κ3) is 3.84. The number of hydrogen-bond acceptors (Lipinski definition) is 2. The van der Waals surface area contributed by atoms with Crippen LogP contribution in [-0.4, -0.2) is 33.8 Å². The maximum Gasteiger partial charge on any atom is 0.257 e. The van der Waals surface area contributed by atoms with E-state index in [1.807, 2.05) is 13.8 Å². The molecule has 0 bridgehead atoms. The van der Waals surface area contributed by atoms with E-state index in [2.05, 4.69) is 38.5 Å². The molecule has 0 spiro atoms. The van der Waals surface area contributed by atoms with Gasteiger partial charge in [-0.3, -0.25) is 4.79 Å². The van der Waals surface area contributed by atoms with Gasteiger partial charge in [0.05, 0.1) is 5.56 Å². The number of phenols is 1. The van der Waals surface area contributed by atoms with Gasteiger partial charge < -0.3 is 10.0 Å². The molecule has 1 aromatic rings. The van der Waals surface area contributed by atoms with E-state index in [9.17, 15) is 9.90 Å². The molecule has 1 rings (SSSR count). The second-order valence-electron chi connectivity index (χ2n) is 3.94. The molecule has 0 unspecified atom stereocenters. The lowest BCUT2D eigenvalue weighted by Gasteiger charge is -2.26. The Morgan fingerprint density at radius 3 is 2.71 bits per heavy atom. The molecule has 0 aliphatic heterocycles. The van der Waals surface area contributed by atoms with E-state index < -0.39 is 0 Å². The smallest absolute Gasteiger partial charge is 0.257 e. The second-order valence-corrected chi connectivity index (χ2v) is 5.98. The maximum atomic E-state index is 12.3. The normalized spacial score (nSPS) is 10.6. The van der Waals surface area contributed by atoms with Crippen LogP contribution in [0.25, 0.3) is 0 Å². The number of aromatic hydroxyl groups is 1. The number of carbonyl (C=O) groups is 1. The minimum atomic E-state index is -0.129. The van der Waals surface area contributed by atoms with Gasteiger partial charge in [0.25, 0.3) is 5.91 Å². The second kappa shape index (κ2) is 6.58. The minimum Gasteiger partial charge on any atom is -0.507 e. The molecule has 0 saturated carbocycles. The Morgan fingerprint density at radius 1 is 1.53 bits per heavy atom. The summed E-state index contributed by atoms with van der Waals surface area (Å²) in [6, 6.07) is 5.15. The van der Waals surface area contributed by atoms with E-state index in [-0.39, 0.29) is 17.7 Å². The van der Waals surface area contributed by atoms with Gasteiger partial charge in [0.2, 0.25) is 0 Å². The zero-order chi connectivity index (χ0) is 13.0. The summed E-state index contributed by atoms with van der Waals surface area (Å²) in [5.41, 5.74) is 0.367. The van der Waals surface area contributed by atoms with Gasteiger partial charge in [-0.2, -0.15) is 0 Å². The maximum absolute atomic E-state index is 12.3. The van der Waals surface area contributed by atoms with E-state index in [0.717, 1.165) is 8.90 Å². The van der Waals surface area contributed by atoms with Crippen molar-refractivity contribution < 1.29 is 9.90 Å². The lowest BCUT2D eigenvalue weighted by atomic mass is 10.1. The third-order valence-corrected chi connectivity index (χ3v) is 3.42. The Bertz CT molecular complexity index is 409. The van der Waals surface area contributed by atoms with Crippen molar-refractivity contribution in [3.05, 3.63) is 27.3 Å². The quantitative estimate of drug-likeness (QED) is 0.610. The lowest BCUT2D eigenvalue weighted by molar-refractivity contribution is 0.0716. The van der Waals surface area contributed by atoms with Gasteiger partial charge in [-0.1, -0.05) is 15.9 Å². The molecule has 0 aliphatic rings. The fourth-order valence-electron chi connectivity index (χ4n) is 1.52. The number of halogens is 2. The molecule has 94 valence electrons. The number of phenolic OH excluding ortho intramolecular Hbond substituents is 1. The van der Waals surface area contributed by atoms with Crippen LogP contribution in [0.4, 0.5) is 0 Å². The molecule has 5 heteroatoms. The number of amides is 1. The zero-order valence-electron chi connectivity index (χ0n) is 9.78. The highest BCUT2D eigenvalue weighted by atomic mass is 127. The Kier molecular flexibility index (Phi) is 5.72. The van der Waals surface area contributed by atoms with Crippen molar-refractivity contribution in [1.82, 2.24) is 4.90 Å². The number of alkyl halides is 1. The summed E-state index contributed by atoms with van der Waals surface area (Å²) in [6.07, 6.45) is 0. The van der Waals surface area contributed by atoms with Gasteiger partial charge in [0, 0.05) is 21.5 Å². The first-order chi connectivity index (χ1) is 7.97. The summed E-state index contributed by atoms with van der Waals surface area (Å²) in [4.78, 5) is 14.0. The van der Waals surface area contributed by atoms with E-state index in [0.29, 0.717) is 12.1 Å². The largest absolute Gasteiger partial charge is 0.507 e. The van der Waals surface area contributed by atoms with Gasteiger partial charge in [-0.25, -0.2) is 0 Å². The fraction of sp³-hybridized carbons (Fsp3) is 0.417. The van der Waals surface area contributed by atoms with Gasteiger partial charge in [-0.15, -0.1) is 0 Å². The number of hydrogen-bond donors (Lipinski definition) is 1. The molecular weight excluding hydrogens is 397 g/mol. The Labute approximate surface area is 123 Å². The minimum absolute atomic E-state index is 0.0376. The van der Waals surface area contributed by atoms with Crippen molar-refractivity contribution in [2.75, 3.05) is 11.9 Å². The van der Waals surface area contributed by atoms with Gasteiger partial charge in [0.15, 0.2) is 0 Å². The molecule has 0 aliphatic carbocycles. The van der Waals surface area contributed by atoms with Gasteiger partial charge in [-0.05, 0) is 54.6 Å². The van der Waals surface area contributed by atoms with Crippen LogP contribution in [0.1, 0.15) is 24.2 Å². The predicted molar refractivity (Wildman–Crippen MR) is 80.8 cm³/mol. The monoisotopic (exact) mass is 411 g/mol. The first kappa shape index (κ1) is 14.8. The summed E-state index contributed by atoms with van der Waals surface area (Å²) >= 11 is 5.46. The predicted octanol–water partition coefficient (Wildman–Crippen LogP) is 3.24. The highest BCUT2D eigenvalue weighted by Gasteiger charge is 2.20. The van der Waals surface area contributed by atoms with Crippen LogP contribution in [0.15, 0.2) is 18.2 Å². The topological polar surface area (TPSA) is 40.5 Å². The van der Waals surface area contributed by atoms with Crippen molar-refractivity contribution >= 4 is 44.4 Å². The summed E-state index contributed by atoms with van der Waals surface area (Å²) in [7, 11) is 0. The van der Waals surface area contributed by atoms with E-state index in [1.54, 1.807) is 23.1 Å². The average Bonchev–Trinajstić information content (AvgIpc) is 2.28. The van der Waals surface area contributed by atoms with Crippen molar-refractivity contribution in [1.29, 1.82) is 0 Å². The van der Waals surface area contributed by atoms with Crippen LogP contribution in [0.3, 0.4) is 0 Å². The highest BCUT2D eigenvalue weighted by Crippen LogP contribution is 2.22. The SMILES string of the molecule is CC(C)N(CCBr)C(=O)c1cc(I)ccc1O. The van der Waals surface area contributed by atoms with Crippen LogP contribution < -0.4 is 0 Å². The first-order valence-corrected chi connectivity index (χ1v) is 7.52. The molecule has 1 amide bonds. The molecule has 0 saturated heterocycles. The Hall–Kier alpha value is -0.300. The van der Waals surface area contributed by atoms with E-state index in [1.165, 1.54) is 0 Å². The lowest BCUT2D eigenvalue weighted by Crippen LogP contribution is -2.38. The zero-order valence-corrected chi connectivity index (χ0v) is 13.5. The van der Waals surface area contributed by atoms with E-state index >= 15 is 0 Å². The van der Waals surface area contributed by atoms with Crippen molar-refractivity contribution in [2.24, 2.45) is 0 Å². The molecule has 1 aromatic carbocycles. The number of carbonyl (C=O) groups excluding carboxylic acids is 1. The molecular formula is C12H15BrINO2. The summed E-state index contributed by atoms with van der Waals surface area (Å²) in [6.45, 7) is 4.55. The molecule has 0 heterocycles. The van der Waals surface area contributed by atoms with Crippen molar-refractivity contribution in [3.63, 3.8) is 0 Å². The van der Waals surface area contributed by atoms with Gasteiger partial charge >= 0.3 is 0 Å². The highest BCUT2D eigenvalue weighted by molar-refractivity contribution is 14.1. The Balaban J connectivity index is 3.04. The standard InChI is InChI=1S/C12H15BrINO2/c1-8(2)15(6-5-13)12(17)10-7-9(14)3-4-11(10)16/h3-4,7-8,16H,5-6H2,1-2H3. The van der Waals surface area contributed by atoms with Crippen molar-refractivity contribution in [2.45, 2.75) is 19.9 Å². The molecule has 0 radical (unpaired) electrons. The van der Waals surface area contributed by atoms with Crippen LogP contribution in [0, 0.1) is 3.57 Å². The van der Waals surface area contributed by atoms with Crippen LogP contribution in [-0.2, 0) is 0 Å².